The van der Waals surface area contributed by atoms with Gasteiger partial charge in [-0.05, 0) is 73.1 Å². The number of aromatic nitrogens is 5. The number of nitrogens with zero attached hydrogens (tertiary/aromatic N) is 6. The first-order valence-electron chi connectivity index (χ1n) is 32.5. The Labute approximate surface area is 554 Å². The number of methoxy groups -OCH3 is 2. The van der Waals surface area contributed by atoms with E-state index in [2.05, 4.69) is 26.0 Å². The van der Waals surface area contributed by atoms with E-state index >= 15 is 0 Å². The standard InChI is InChI=1S/C71H85N9O14S/c1-72-71(86)94-54(22-5-4-14-37-80-70-59-27-11-13-29-62(59)79(65(84)33-31-53(81)21-16-38-89-2)48-52-19-7-9-25-57(52)69(70)76-77-80)49-95(87,88)55-23-15-20-50(46-55)63(82)30-17-39-91-42-44-93-45-43-92-40-35-60-67-56-24-8-6-18-51(56)47-78(66(85)34-32-64(83)73-36-41-90-3)61-28-12-10-26-58(61)68(67)75-74-60/h6-13,15,18-20,23-29,46,54H,4-5,14,16-17,21-22,30-45,47-49H2,1-3H3,(H,72,86)(H,73,83)(H,74,75). The summed E-state index contributed by atoms with van der Waals surface area (Å²) in [5.41, 5.74) is 10.8. The van der Waals surface area contributed by atoms with Crippen LogP contribution in [-0.4, -0.2) is 162 Å². The van der Waals surface area contributed by atoms with Gasteiger partial charge in [0.2, 0.25) is 17.7 Å². The summed E-state index contributed by atoms with van der Waals surface area (Å²) in [4.78, 5) is 82.3. The van der Waals surface area contributed by atoms with Gasteiger partial charge in [-0.25, -0.2) is 17.9 Å². The highest BCUT2D eigenvalue weighted by Crippen LogP contribution is 2.44. The number of aromatic amines is 1. The average molecular weight is 1320 g/mol. The van der Waals surface area contributed by atoms with Gasteiger partial charge in [0.25, 0.3) is 0 Å². The normalized spacial score (nSPS) is 12.7. The van der Waals surface area contributed by atoms with Crippen molar-refractivity contribution >= 4 is 56.6 Å². The van der Waals surface area contributed by atoms with Crippen LogP contribution >= 0.6 is 0 Å². The molecule has 2 aromatic heterocycles. The molecule has 2 aliphatic heterocycles. The van der Waals surface area contributed by atoms with Crippen LogP contribution in [0.3, 0.4) is 0 Å². The number of hydrogen-bond acceptors (Lipinski definition) is 17. The molecule has 95 heavy (non-hydrogen) atoms. The van der Waals surface area contributed by atoms with Crippen molar-refractivity contribution in [2.45, 2.75) is 114 Å². The van der Waals surface area contributed by atoms with E-state index in [1.165, 1.54) is 25.2 Å². The topological polar surface area (TPSA) is 282 Å². The highest BCUT2D eigenvalue weighted by Gasteiger charge is 2.32. The van der Waals surface area contributed by atoms with E-state index in [-0.39, 0.29) is 84.8 Å². The molecule has 5 aromatic carbocycles. The molecule has 0 radical (unpaired) electrons. The number of fused-ring (bicyclic) bond motifs is 10. The van der Waals surface area contributed by atoms with Gasteiger partial charge in [-0.1, -0.05) is 109 Å². The summed E-state index contributed by atoms with van der Waals surface area (Å²) in [5, 5.41) is 22.5. The van der Waals surface area contributed by atoms with E-state index in [0.29, 0.717) is 135 Å². The Morgan fingerprint density at radius 2 is 1.22 bits per heavy atom. The van der Waals surface area contributed by atoms with Crippen molar-refractivity contribution in [3.05, 3.63) is 144 Å². The number of alkyl carbamates (subject to hydrolysis) is 1. The summed E-state index contributed by atoms with van der Waals surface area (Å²) >= 11 is 0. The lowest BCUT2D eigenvalue weighted by Crippen LogP contribution is -2.33. The van der Waals surface area contributed by atoms with Crippen LogP contribution in [-0.2, 0) is 83.5 Å². The van der Waals surface area contributed by atoms with Gasteiger partial charge >= 0.3 is 6.09 Å². The molecular weight excluding hydrogens is 1230 g/mol. The second kappa shape index (κ2) is 35.6. The fourth-order valence-electron chi connectivity index (χ4n) is 11.8. The maximum absolute atomic E-state index is 14.0. The molecule has 0 fully saturated rings. The van der Waals surface area contributed by atoms with E-state index in [1.807, 2.05) is 102 Å². The van der Waals surface area contributed by atoms with Crippen LogP contribution in [0.4, 0.5) is 16.2 Å². The largest absolute Gasteiger partial charge is 0.445 e. The number of Topliss-reactive ketones (excluding diaryl/α,β-unsaturated/α-hetero) is 2. The lowest BCUT2D eigenvalue weighted by atomic mass is 9.91. The molecule has 1 unspecified atom stereocenters. The van der Waals surface area contributed by atoms with Crippen molar-refractivity contribution in [3.8, 4) is 44.9 Å². The minimum Gasteiger partial charge on any atom is -0.445 e. The number of carbonyl (C=O) groups is 6. The van der Waals surface area contributed by atoms with Gasteiger partial charge in [0.15, 0.2) is 15.6 Å². The van der Waals surface area contributed by atoms with Crippen molar-refractivity contribution in [2.75, 3.05) is 96.2 Å². The zero-order valence-corrected chi connectivity index (χ0v) is 55.1. The van der Waals surface area contributed by atoms with Crippen LogP contribution in [0, 0.1) is 0 Å². The number of unbranched alkanes of at least 4 members (excludes halogenated alkanes) is 2. The van der Waals surface area contributed by atoms with Gasteiger partial charge in [-0.3, -0.25) is 29.1 Å². The summed E-state index contributed by atoms with van der Waals surface area (Å²) in [6.45, 7) is 4.29. The minimum absolute atomic E-state index is 0.0112. The van der Waals surface area contributed by atoms with E-state index in [1.54, 1.807) is 30.1 Å². The van der Waals surface area contributed by atoms with Gasteiger partial charge in [0.05, 0.1) is 80.4 Å². The second-order valence-electron chi connectivity index (χ2n) is 23.3. The van der Waals surface area contributed by atoms with E-state index in [4.69, 9.17) is 33.5 Å². The quantitative estimate of drug-likeness (QED) is 0.0241. The van der Waals surface area contributed by atoms with E-state index in [0.717, 1.165) is 56.0 Å². The highest BCUT2D eigenvalue weighted by atomic mass is 32.2. The molecule has 9 rings (SSSR count). The van der Waals surface area contributed by atoms with Gasteiger partial charge in [-0.15, -0.1) is 5.10 Å². The number of sulfone groups is 1. The second-order valence-corrected chi connectivity index (χ2v) is 25.3. The fourth-order valence-corrected chi connectivity index (χ4v) is 13.3. The molecule has 0 aliphatic carbocycles. The Morgan fingerprint density at radius 3 is 1.94 bits per heavy atom. The molecule has 0 saturated heterocycles. The zero-order chi connectivity index (χ0) is 66.9. The van der Waals surface area contributed by atoms with Crippen molar-refractivity contribution in [1.82, 2.24) is 35.8 Å². The first kappa shape index (κ1) is 70.5. The number of ether oxygens (including phenoxy) is 6. The number of rotatable bonds is 37. The number of para-hydroxylation sites is 2. The first-order valence-corrected chi connectivity index (χ1v) is 34.1. The number of hydrogen-bond donors (Lipinski definition) is 3. The number of anilines is 2. The smallest absolute Gasteiger partial charge is 0.407 e. The Balaban J connectivity index is 0.697. The maximum Gasteiger partial charge on any atom is 0.407 e. The lowest BCUT2D eigenvalue weighted by molar-refractivity contribution is -0.125. The molecule has 4 amide bonds. The minimum atomic E-state index is -4.03. The number of aryl methyl sites for hydroxylation is 1. The molecule has 3 N–H and O–H groups in total. The molecule has 0 spiro atoms. The van der Waals surface area contributed by atoms with Crippen LogP contribution in [0.25, 0.3) is 44.9 Å². The van der Waals surface area contributed by atoms with Crippen LogP contribution in [0.2, 0.25) is 0 Å². The van der Waals surface area contributed by atoms with Gasteiger partial charge in [0.1, 0.15) is 23.3 Å². The summed E-state index contributed by atoms with van der Waals surface area (Å²) in [6, 6.07) is 36.9. The Morgan fingerprint density at radius 1 is 0.600 bits per heavy atom. The number of ketones is 2. The molecule has 504 valence electrons. The molecule has 4 heterocycles. The van der Waals surface area contributed by atoms with E-state index < -0.39 is 27.8 Å². The SMILES string of the molecule is CNC(=O)OC(CCCCCn1nnc2c1-c1ccccc1N(C(=O)CCC(=O)CCCOC)Cc1ccccc1-2)CS(=O)(=O)c1cccc(C(=O)CCCOCCOCCOCCc2[nH]nc3c2-c2ccccc2CN(C(=O)CCC(=O)NCCOC)c2ccccc2-3)c1. The van der Waals surface area contributed by atoms with Crippen molar-refractivity contribution in [2.24, 2.45) is 0 Å². The monoisotopic (exact) mass is 1320 g/mol. The molecular formula is C71H85N9O14S. The van der Waals surface area contributed by atoms with Gasteiger partial charge in [0, 0.05) is 126 Å². The van der Waals surface area contributed by atoms with Crippen LogP contribution in [0.5, 0.6) is 0 Å². The summed E-state index contributed by atoms with van der Waals surface area (Å²) in [5.74, 6) is -1.27. The first-order chi connectivity index (χ1) is 46.3. The number of nitrogens with one attached hydrogen (secondary N) is 3. The molecule has 1 atom stereocenters. The predicted molar refractivity (Wildman–Crippen MR) is 358 cm³/mol. The summed E-state index contributed by atoms with van der Waals surface area (Å²) in [6.07, 6.45) is 2.58. The van der Waals surface area contributed by atoms with Crippen molar-refractivity contribution < 1.29 is 65.6 Å². The number of amides is 4. The Hall–Kier alpha value is -8.78. The predicted octanol–water partition coefficient (Wildman–Crippen LogP) is 9.70. The third-order valence-electron chi connectivity index (χ3n) is 16.6. The molecule has 2 aliphatic rings. The third kappa shape index (κ3) is 19.2. The Bertz CT molecular complexity index is 3870. The van der Waals surface area contributed by atoms with Gasteiger partial charge < -0.3 is 48.9 Å². The van der Waals surface area contributed by atoms with E-state index in [9.17, 15) is 37.2 Å². The number of benzene rings is 5. The number of H-pyrrole nitrogens is 1. The average Bonchev–Trinajstić information content (AvgIpc) is 1.71. The van der Waals surface area contributed by atoms with Crippen molar-refractivity contribution in [1.29, 1.82) is 0 Å². The molecule has 0 saturated carbocycles. The summed E-state index contributed by atoms with van der Waals surface area (Å²) < 4.78 is 63.0. The highest BCUT2D eigenvalue weighted by molar-refractivity contribution is 7.91. The fraction of sp³-hybridized carbons (Fsp3) is 0.423. The summed E-state index contributed by atoms with van der Waals surface area (Å²) in [7, 11) is 0.530. The van der Waals surface area contributed by atoms with Crippen LogP contribution < -0.4 is 20.4 Å². The zero-order valence-electron chi connectivity index (χ0n) is 54.3. The Kier molecular flexibility index (Phi) is 26.5. The molecule has 23 nitrogen and oxygen atoms in total. The number of carbonyl (C=O) groups excluding carboxylic acids is 6. The maximum atomic E-state index is 14.0. The molecule has 24 heteroatoms. The van der Waals surface area contributed by atoms with Crippen LogP contribution in [0.1, 0.15) is 104 Å². The van der Waals surface area contributed by atoms with Crippen LogP contribution in [0.15, 0.2) is 126 Å². The molecule has 0 bridgehead atoms. The molecule has 7 aromatic rings. The van der Waals surface area contributed by atoms with Gasteiger partial charge in [-0.2, -0.15) is 5.10 Å². The third-order valence-corrected chi connectivity index (χ3v) is 18.4. The lowest BCUT2D eigenvalue weighted by Gasteiger charge is -2.28. The van der Waals surface area contributed by atoms with Crippen molar-refractivity contribution in [3.63, 3.8) is 0 Å².